The quantitative estimate of drug-likeness (QED) is 0.0835. The van der Waals surface area contributed by atoms with Gasteiger partial charge in [0.25, 0.3) is 0 Å². The third kappa shape index (κ3) is 10.5. The maximum atomic E-state index is 12.9. The number of hydrogen-bond donors (Lipinski definition) is 5. The molecule has 20 heteroatoms. The Balaban J connectivity index is 0.000000440. The van der Waals surface area contributed by atoms with E-state index in [0.717, 1.165) is 11.1 Å². The highest BCUT2D eigenvalue weighted by molar-refractivity contribution is 7.89. The minimum Gasteiger partial charge on any atom is -0.475 e. The van der Waals surface area contributed by atoms with Crippen molar-refractivity contribution in [1.82, 2.24) is 9.62 Å². The number of carboxylic acid groups (broad SMARTS) is 2. The fourth-order valence-electron chi connectivity index (χ4n) is 3.79. The van der Waals surface area contributed by atoms with Crippen LogP contribution in [0.15, 0.2) is 64.6 Å². The van der Waals surface area contributed by atoms with E-state index < -0.39 is 40.4 Å². The summed E-state index contributed by atoms with van der Waals surface area (Å²) in [5, 5.41) is 19.4. The summed E-state index contributed by atoms with van der Waals surface area (Å²) < 4.78 is 91.9. The number of nitrogens with zero attached hydrogens (tertiary/aromatic N) is 2. The molecule has 0 unspecified atom stereocenters. The number of likely N-dealkylation sites (tertiary alicyclic amines) is 1. The fraction of sp³-hybridized carbons (Fsp3) is 0.231. The number of hydrazone groups is 1. The van der Waals surface area contributed by atoms with E-state index in [0.29, 0.717) is 41.0 Å². The molecule has 1 saturated heterocycles. The average Bonchev–Trinajstić information content (AvgIpc) is 3.28. The van der Waals surface area contributed by atoms with Crippen LogP contribution in [-0.4, -0.2) is 72.5 Å². The number of halogens is 7. The molecule has 1 aliphatic rings. The number of sulfonamides is 1. The van der Waals surface area contributed by atoms with Crippen LogP contribution in [-0.2, 0) is 31.0 Å². The number of carboxylic acids is 2. The van der Waals surface area contributed by atoms with E-state index in [2.05, 4.69) is 9.82 Å². The van der Waals surface area contributed by atoms with Gasteiger partial charge in [0.05, 0.1) is 21.8 Å². The third-order valence-electron chi connectivity index (χ3n) is 5.89. The number of nitrogen functional groups attached to an aromatic ring is 1. The highest BCUT2D eigenvalue weighted by atomic mass is 35.5. The van der Waals surface area contributed by atoms with Crippen LogP contribution >= 0.6 is 11.6 Å². The van der Waals surface area contributed by atoms with Gasteiger partial charge in [-0.25, -0.2) is 18.0 Å². The van der Waals surface area contributed by atoms with E-state index in [9.17, 15) is 39.6 Å². The molecule has 3 aromatic rings. The number of nitrogens with one attached hydrogen (secondary N) is 1. The third-order valence-corrected chi connectivity index (χ3v) is 7.78. The molecule has 0 aromatic heterocycles. The number of anilines is 1. The van der Waals surface area contributed by atoms with Gasteiger partial charge in [0, 0.05) is 18.5 Å². The fourth-order valence-corrected chi connectivity index (χ4v) is 5.29. The second kappa shape index (κ2) is 15.1. The van der Waals surface area contributed by atoms with E-state index >= 15 is 0 Å². The molecule has 1 amide bonds. The summed E-state index contributed by atoms with van der Waals surface area (Å²) in [6, 6.07) is 14.6. The molecule has 0 saturated carbocycles. The highest BCUT2D eigenvalue weighted by Gasteiger charge is 2.39. The number of carbonyl (C=O) groups excluding carboxylic acids is 1. The summed E-state index contributed by atoms with van der Waals surface area (Å²) in [5.41, 5.74) is 7.96. The zero-order valence-corrected chi connectivity index (χ0v) is 24.6. The van der Waals surface area contributed by atoms with Crippen molar-refractivity contribution in [2.75, 3.05) is 12.3 Å². The van der Waals surface area contributed by atoms with Gasteiger partial charge < -0.3 is 26.7 Å². The van der Waals surface area contributed by atoms with Gasteiger partial charge in [0.1, 0.15) is 6.04 Å². The molecular weight excluding hydrogens is 676 g/mol. The Hall–Kier alpha value is -4.62. The zero-order valence-electron chi connectivity index (χ0n) is 23.0. The molecule has 0 bridgehead atoms. The first-order chi connectivity index (χ1) is 21.2. The van der Waals surface area contributed by atoms with Crippen LogP contribution in [0, 0.1) is 0 Å². The predicted molar refractivity (Wildman–Crippen MR) is 153 cm³/mol. The summed E-state index contributed by atoms with van der Waals surface area (Å²) in [7, 11) is -3.90. The van der Waals surface area contributed by atoms with Gasteiger partial charge in [-0.2, -0.15) is 36.2 Å². The highest BCUT2D eigenvalue weighted by Crippen LogP contribution is 2.31. The van der Waals surface area contributed by atoms with Gasteiger partial charge in [-0.15, -0.1) is 0 Å². The Bertz CT molecular complexity index is 1710. The molecule has 4 rings (SSSR count). The minimum absolute atomic E-state index is 0.0610. The summed E-state index contributed by atoms with van der Waals surface area (Å²) in [6.45, 7) is 0.826. The van der Waals surface area contributed by atoms with Gasteiger partial charge in [-0.1, -0.05) is 41.9 Å². The van der Waals surface area contributed by atoms with Crippen molar-refractivity contribution < 1.29 is 59.4 Å². The summed E-state index contributed by atoms with van der Waals surface area (Å²) in [4.78, 5) is 32.3. The van der Waals surface area contributed by atoms with E-state index in [-0.39, 0.29) is 10.8 Å². The number of rotatable bonds is 6. The maximum absolute atomic E-state index is 12.9. The Labute approximate surface area is 261 Å². The average molecular weight is 700 g/mol. The summed E-state index contributed by atoms with van der Waals surface area (Å²) in [5.74, 6) is -0.582. The van der Waals surface area contributed by atoms with Crippen LogP contribution in [0.3, 0.4) is 0 Å². The number of fused-ring (bicyclic) bond motifs is 1. The molecule has 3 aromatic carbocycles. The topological polar surface area (TPSA) is 205 Å². The van der Waals surface area contributed by atoms with Crippen molar-refractivity contribution in [3.8, 4) is 0 Å². The van der Waals surface area contributed by atoms with Crippen LogP contribution in [0.1, 0.15) is 17.5 Å². The second-order valence-corrected chi connectivity index (χ2v) is 11.3. The number of carbonyl (C=O) groups is 3. The normalized spacial score (nSPS) is 15.2. The number of hydrogen-bond acceptors (Lipinski definition) is 8. The van der Waals surface area contributed by atoms with Gasteiger partial charge >= 0.3 is 24.3 Å². The minimum atomic E-state index is -5.08. The van der Waals surface area contributed by atoms with Gasteiger partial charge in [0.2, 0.25) is 15.9 Å². The number of alkyl halides is 6. The molecule has 0 radical (unpaired) electrons. The molecule has 46 heavy (non-hydrogen) atoms. The first-order valence-electron chi connectivity index (χ1n) is 12.4. The number of aliphatic carboxylic acids is 2. The molecule has 1 aliphatic heterocycles. The lowest BCUT2D eigenvalue weighted by Crippen LogP contribution is -2.41. The van der Waals surface area contributed by atoms with Crippen LogP contribution in [0.2, 0.25) is 5.02 Å². The van der Waals surface area contributed by atoms with E-state index in [1.54, 1.807) is 23.1 Å². The lowest BCUT2D eigenvalue weighted by atomic mass is 10.1. The van der Waals surface area contributed by atoms with Gasteiger partial charge in [-0.05, 0) is 47.2 Å². The van der Waals surface area contributed by atoms with Crippen molar-refractivity contribution in [1.29, 1.82) is 0 Å². The monoisotopic (exact) mass is 699 g/mol. The smallest absolute Gasteiger partial charge is 0.475 e. The molecular formula is C26H24ClF6N5O7S. The Morgan fingerprint density at radius 2 is 1.61 bits per heavy atom. The SMILES string of the molecule is NN=Cc1cccc(CN2CC[C@H](NS(=O)(=O)c3ccc4c(Cl)c(N)ccc4c3)C2=O)c1.O=C(O)C(F)(F)F.O=C(O)C(F)(F)F. The van der Waals surface area contributed by atoms with Crippen LogP contribution in [0.5, 0.6) is 0 Å². The van der Waals surface area contributed by atoms with Crippen molar-refractivity contribution in [3.63, 3.8) is 0 Å². The molecule has 1 atom stereocenters. The number of benzene rings is 3. The lowest BCUT2D eigenvalue weighted by molar-refractivity contribution is -0.193. The van der Waals surface area contributed by atoms with Crippen LogP contribution < -0.4 is 16.3 Å². The van der Waals surface area contributed by atoms with Crippen molar-refractivity contribution in [3.05, 3.63) is 70.7 Å². The van der Waals surface area contributed by atoms with E-state index in [1.807, 2.05) is 24.3 Å². The number of nitrogens with two attached hydrogens (primary N) is 2. The molecule has 1 fully saturated rings. The Morgan fingerprint density at radius 3 is 2.15 bits per heavy atom. The summed E-state index contributed by atoms with van der Waals surface area (Å²) in [6.07, 6.45) is -8.25. The molecule has 7 N–H and O–H groups in total. The van der Waals surface area contributed by atoms with Gasteiger partial charge in [0.15, 0.2) is 0 Å². The molecule has 1 heterocycles. The van der Waals surface area contributed by atoms with Gasteiger partial charge in [-0.3, -0.25) is 4.79 Å². The standard InChI is InChI=1S/C22H22ClN5O3S.2C2HF3O2/c23-21-18-6-5-17(11-16(18)4-7-19(21)24)32(30,31)27-20-8-9-28(22(20)29)13-15-3-1-2-14(10-15)12-26-25;2*3-2(4,5)1(6)7/h1-7,10-12,20,27H,8-9,13,24-25H2;2*(H,6,7)/t20-;;/m0../s1. The molecule has 0 spiro atoms. The first-order valence-corrected chi connectivity index (χ1v) is 14.2. The first kappa shape index (κ1) is 37.6. The lowest BCUT2D eigenvalue weighted by Gasteiger charge is -2.18. The molecule has 250 valence electrons. The van der Waals surface area contributed by atoms with Crippen molar-refractivity contribution >= 4 is 62.1 Å². The van der Waals surface area contributed by atoms with Crippen LogP contribution in [0.4, 0.5) is 32.0 Å². The van der Waals surface area contributed by atoms with E-state index in [1.165, 1.54) is 18.3 Å². The van der Waals surface area contributed by atoms with E-state index in [4.69, 9.17) is 43.0 Å². The van der Waals surface area contributed by atoms with Crippen molar-refractivity contribution in [2.45, 2.75) is 36.3 Å². The largest absolute Gasteiger partial charge is 0.490 e. The zero-order chi connectivity index (χ0) is 35.0. The molecule has 12 nitrogen and oxygen atoms in total. The predicted octanol–water partition coefficient (Wildman–Crippen LogP) is 3.71. The number of amides is 1. The maximum Gasteiger partial charge on any atom is 0.490 e. The summed E-state index contributed by atoms with van der Waals surface area (Å²) >= 11 is 6.21. The van der Waals surface area contributed by atoms with Crippen LogP contribution in [0.25, 0.3) is 10.8 Å². The second-order valence-electron chi connectivity index (χ2n) is 9.20. The Morgan fingerprint density at radius 1 is 1.02 bits per heavy atom. The Kier molecular flexibility index (Phi) is 12.3. The van der Waals surface area contributed by atoms with Crippen molar-refractivity contribution in [2.24, 2.45) is 10.9 Å². The molecule has 0 aliphatic carbocycles.